The van der Waals surface area contributed by atoms with Crippen molar-refractivity contribution < 1.29 is 4.79 Å². The molecule has 2 aliphatic heterocycles. The Morgan fingerprint density at radius 3 is 2.72 bits per heavy atom. The number of rotatable bonds is 6. The zero-order valence-corrected chi connectivity index (χ0v) is 18.1. The summed E-state index contributed by atoms with van der Waals surface area (Å²) in [6.45, 7) is 4.96. The van der Waals surface area contributed by atoms with Gasteiger partial charge in [-0.15, -0.1) is 0 Å². The van der Waals surface area contributed by atoms with Gasteiger partial charge in [0.1, 0.15) is 11.6 Å². The van der Waals surface area contributed by atoms with Crippen LogP contribution in [0.2, 0.25) is 0 Å². The molecular weight excluding hydrogens is 378 g/mol. The van der Waals surface area contributed by atoms with Gasteiger partial charge in [-0.25, -0.2) is 0 Å². The van der Waals surface area contributed by atoms with E-state index in [1.54, 1.807) is 0 Å². The van der Waals surface area contributed by atoms with Crippen molar-refractivity contribution in [2.75, 3.05) is 19.3 Å². The van der Waals surface area contributed by atoms with E-state index in [9.17, 15) is 4.79 Å². The van der Waals surface area contributed by atoms with Gasteiger partial charge >= 0.3 is 0 Å². The molecule has 1 saturated heterocycles. The number of aliphatic imine (C=N–C) groups is 1. The number of aromatic nitrogens is 1. The minimum atomic E-state index is 0.234. The largest absolute Gasteiger partial charge is 0.356 e. The fourth-order valence-electron chi connectivity index (χ4n) is 4.31. The number of fused-ring (bicyclic) bond motifs is 1. The molecule has 0 saturated carbocycles. The number of benzene rings is 1. The molecule has 1 atom stereocenters. The van der Waals surface area contributed by atoms with Gasteiger partial charge in [0.15, 0.2) is 0 Å². The van der Waals surface area contributed by atoms with Crippen LogP contribution in [-0.2, 0) is 17.8 Å². The highest BCUT2D eigenvalue weighted by molar-refractivity contribution is 7.99. The number of pyridine rings is 1. The number of hydrogen-bond acceptors (Lipinski definition) is 5. The average molecular weight is 408 g/mol. The van der Waals surface area contributed by atoms with E-state index in [4.69, 9.17) is 4.99 Å². The Bertz CT molecular complexity index is 888. The summed E-state index contributed by atoms with van der Waals surface area (Å²) < 4.78 is 0. The van der Waals surface area contributed by atoms with Gasteiger partial charge in [0.25, 0.3) is 0 Å². The number of likely N-dealkylation sites (tertiary alicyclic amines) is 1. The first-order valence-corrected chi connectivity index (χ1v) is 11.8. The molecule has 3 heterocycles. The van der Waals surface area contributed by atoms with Gasteiger partial charge in [-0.1, -0.05) is 37.3 Å². The third-order valence-electron chi connectivity index (χ3n) is 6.04. The van der Waals surface area contributed by atoms with Gasteiger partial charge in [0.2, 0.25) is 0 Å². The highest BCUT2D eigenvalue weighted by atomic mass is 32.2. The molecule has 152 valence electrons. The molecule has 29 heavy (non-hydrogen) atoms. The molecule has 4 rings (SSSR count). The molecule has 1 fully saturated rings. The monoisotopic (exact) mass is 407 g/mol. The van der Waals surface area contributed by atoms with Crippen molar-refractivity contribution in [3.8, 4) is 0 Å². The molecule has 0 N–H and O–H groups in total. The summed E-state index contributed by atoms with van der Waals surface area (Å²) in [6, 6.07) is 12.3. The summed E-state index contributed by atoms with van der Waals surface area (Å²) in [7, 11) is 0. The zero-order valence-electron chi connectivity index (χ0n) is 17.3. The van der Waals surface area contributed by atoms with E-state index in [2.05, 4.69) is 41.3 Å². The van der Waals surface area contributed by atoms with Crippen LogP contribution in [0.15, 0.2) is 47.6 Å². The van der Waals surface area contributed by atoms with Gasteiger partial charge in [0, 0.05) is 48.6 Å². The minimum Gasteiger partial charge on any atom is -0.356 e. The standard InChI is InChI=1S/C24H29N3OS/c1-17(18-6-4-3-5-7-18)12-21(28)14-20-13-19-15-26-24(23(19)16-25-20)27-10-8-22(29-2)9-11-27/h3-7,13,16-17,22H,8-12,14-15H2,1-2H3/t17-/m0/s1. The fraction of sp³-hybridized carbons (Fsp3) is 0.458. The van der Waals surface area contributed by atoms with Crippen LogP contribution in [0, 0.1) is 0 Å². The van der Waals surface area contributed by atoms with Gasteiger partial charge in [0.05, 0.1) is 6.54 Å². The second kappa shape index (κ2) is 9.12. The van der Waals surface area contributed by atoms with Crippen LogP contribution in [0.4, 0.5) is 0 Å². The van der Waals surface area contributed by atoms with E-state index < -0.39 is 0 Å². The predicted octanol–water partition coefficient (Wildman–Crippen LogP) is 4.47. The highest BCUT2D eigenvalue weighted by Crippen LogP contribution is 2.27. The molecule has 1 aromatic heterocycles. The Kier molecular flexibility index (Phi) is 6.34. The Morgan fingerprint density at radius 1 is 1.24 bits per heavy atom. The normalized spacial score (nSPS) is 17.7. The first-order chi connectivity index (χ1) is 14.1. The third-order valence-corrected chi connectivity index (χ3v) is 7.18. The predicted molar refractivity (Wildman–Crippen MR) is 121 cm³/mol. The summed E-state index contributed by atoms with van der Waals surface area (Å²) in [5.41, 5.74) is 4.44. The lowest BCUT2D eigenvalue weighted by molar-refractivity contribution is -0.118. The van der Waals surface area contributed by atoms with Crippen molar-refractivity contribution in [3.63, 3.8) is 0 Å². The van der Waals surface area contributed by atoms with E-state index in [1.807, 2.05) is 36.2 Å². The second-order valence-electron chi connectivity index (χ2n) is 8.13. The molecule has 0 bridgehead atoms. The van der Waals surface area contributed by atoms with E-state index in [0.717, 1.165) is 35.4 Å². The third kappa shape index (κ3) is 4.72. The zero-order chi connectivity index (χ0) is 20.2. The van der Waals surface area contributed by atoms with Crippen molar-refractivity contribution in [2.24, 2.45) is 4.99 Å². The van der Waals surface area contributed by atoms with Gasteiger partial charge in [-0.05, 0) is 42.2 Å². The lowest BCUT2D eigenvalue weighted by atomic mass is 9.94. The molecule has 0 aliphatic carbocycles. The SMILES string of the molecule is CSC1CCN(C2=NCc3cc(CC(=O)C[C@H](C)c4ccccc4)ncc32)CC1. The minimum absolute atomic E-state index is 0.234. The molecular formula is C24H29N3OS. The van der Waals surface area contributed by atoms with Crippen LogP contribution >= 0.6 is 11.8 Å². The molecule has 0 spiro atoms. The van der Waals surface area contributed by atoms with Crippen molar-refractivity contribution >= 4 is 23.4 Å². The average Bonchev–Trinajstić information content (AvgIpc) is 3.17. The smallest absolute Gasteiger partial charge is 0.139 e. The lowest BCUT2D eigenvalue weighted by Crippen LogP contribution is -2.39. The number of hydrogen-bond donors (Lipinski definition) is 0. The molecule has 2 aliphatic rings. The number of Topliss-reactive ketones (excluding diaryl/α,β-unsaturated/α-hetero) is 1. The Balaban J connectivity index is 1.36. The van der Waals surface area contributed by atoms with Crippen molar-refractivity contribution in [2.45, 2.75) is 50.3 Å². The Labute approximate surface area is 177 Å². The van der Waals surface area contributed by atoms with E-state index >= 15 is 0 Å². The van der Waals surface area contributed by atoms with Crippen LogP contribution in [0.1, 0.15) is 54.5 Å². The first-order valence-electron chi connectivity index (χ1n) is 10.5. The molecule has 2 aromatic rings. The number of amidine groups is 1. The highest BCUT2D eigenvalue weighted by Gasteiger charge is 2.26. The quantitative estimate of drug-likeness (QED) is 0.708. The van der Waals surface area contributed by atoms with Crippen LogP contribution < -0.4 is 0 Å². The Hall–Kier alpha value is -2.14. The molecule has 1 aromatic carbocycles. The first kappa shape index (κ1) is 20.1. The van der Waals surface area contributed by atoms with Crippen molar-refractivity contribution in [3.05, 3.63) is 65.0 Å². The number of carbonyl (C=O) groups is 1. The fourth-order valence-corrected chi connectivity index (χ4v) is 4.99. The summed E-state index contributed by atoms with van der Waals surface area (Å²) >= 11 is 1.98. The summed E-state index contributed by atoms with van der Waals surface area (Å²) in [6.07, 6.45) is 7.53. The number of nitrogens with zero attached hydrogens (tertiary/aromatic N) is 3. The van der Waals surface area contributed by atoms with Crippen LogP contribution in [0.3, 0.4) is 0 Å². The number of thioether (sulfide) groups is 1. The van der Waals surface area contributed by atoms with Crippen LogP contribution in [0.25, 0.3) is 0 Å². The molecule has 0 amide bonds. The van der Waals surface area contributed by atoms with Gasteiger partial charge < -0.3 is 4.90 Å². The van der Waals surface area contributed by atoms with Crippen LogP contribution in [0.5, 0.6) is 0 Å². The lowest BCUT2D eigenvalue weighted by Gasteiger charge is -2.32. The van der Waals surface area contributed by atoms with Gasteiger partial charge in [-0.3, -0.25) is 14.8 Å². The molecule has 0 unspecified atom stereocenters. The van der Waals surface area contributed by atoms with Crippen molar-refractivity contribution in [1.29, 1.82) is 0 Å². The maximum absolute atomic E-state index is 12.6. The van der Waals surface area contributed by atoms with E-state index in [1.165, 1.54) is 24.0 Å². The van der Waals surface area contributed by atoms with E-state index in [0.29, 0.717) is 19.4 Å². The van der Waals surface area contributed by atoms with Crippen molar-refractivity contribution in [1.82, 2.24) is 9.88 Å². The number of ketones is 1. The Morgan fingerprint density at radius 2 is 2.00 bits per heavy atom. The maximum Gasteiger partial charge on any atom is 0.139 e. The topological polar surface area (TPSA) is 45.6 Å². The maximum atomic E-state index is 12.6. The van der Waals surface area contributed by atoms with Crippen LogP contribution in [-0.4, -0.2) is 46.1 Å². The van der Waals surface area contributed by atoms with Gasteiger partial charge in [-0.2, -0.15) is 11.8 Å². The summed E-state index contributed by atoms with van der Waals surface area (Å²) in [4.78, 5) is 24.4. The number of carbonyl (C=O) groups excluding carboxylic acids is 1. The molecule has 5 heteroatoms. The summed E-state index contributed by atoms with van der Waals surface area (Å²) in [5, 5.41) is 0.775. The summed E-state index contributed by atoms with van der Waals surface area (Å²) in [5.74, 6) is 1.58. The second-order valence-corrected chi connectivity index (χ2v) is 9.26. The molecule has 0 radical (unpaired) electrons. The molecule has 4 nitrogen and oxygen atoms in total. The number of piperidine rings is 1. The van der Waals surface area contributed by atoms with E-state index in [-0.39, 0.29) is 11.7 Å².